The minimum atomic E-state index is -0.0267. The highest BCUT2D eigenvalue weighted by molar-refractivity contribution is 7.13. The number of nitrogens with zero attached hydrogens (tertiary/aromatic N) is 3. The second-order valence-corrected chi connectivity index (χ2v) is 8.47. The zero-order chi connectivity index (χ0) is 19.3. The lowest BCUT2D eigenvalue weighted by Gasteiger charge is -2.30. The predicted octanol–water partition coefficient (Wildman–Crippen LogP) is 4.35. The van der Waals surface area contributed by atoms with Crippen molar-refractivity contribution in [3.63, 3.8) is 0 Å². The van der Waals surface area contributed by atoms with Gasteiger partial charge in [0.1, 0.15) is 0 Å². The normalized spacial score (nSPS) is 17.5. The first-order valence-electron chi connectivity index (χ1n) is 9.84. The Kier molecular flexibility index (Phi) is 5.88. The second-order valence-electron chi connectivity index (χ2n) is 7.61. The van der Waals surface area contributed by atoms with Crippen LogP contribution in [-0.2, 0) is 17.8 Å². The predicted molar refractivity (Wildman–Crippen MR) is 114 cm³/mol. The molecule has 3 aromatic rings. The lowest BCUT2D eigenvalue weighted by molar-refractivity contribution is -0.115. The number of aromatic nitrogens is 2. The summed E-state index contributed by atoms with van der Waals surface area (Å²) in [7, 11) is 0. The highest BCUT2D eigenvalue weighted by Gasteiger charge is 2.17. The molecule has 0 radical (unpaired) electrons. The van der Waals surface area contributed by atoms with Gasteiger partial charge >= 0.3 is 0 Å². The van der Waals surface area contributed by atoms with Gasteiger partial charge in [-0.3, -0.25) is 9.69 Å². The summed E-state index contributed by atoms with van der Waals surface area (Å²) in [5, 5.41) is 5.69. The van der Waals surface area contributed by atoms with Crippen molar-refractivity contribution in [2.45, 2.75) is 32.7 Å². The maximum atomic E-state index is 12.4. The summed E-state index contributed by atoms with van der Waals surface area (Å²) in [6.45, 7) is 5.46. The Labute approximate surface area is 170 Å². The number of amides is 1. The van der Waals surface area contributed by atoms with Crippen LogP contribution in [0.2, 0.25) is 0 Å². The van der Waals surface area contributed by atoms with Crippen molar-refractivity contribution in [3.05, 3.63) is 65.4 Å². The Balaban J connectivity index is 1.30. The summed E-state index contributed by atoms with van der Waals surface area (Å²) >= 11 is 1.51. The van der Waals surface area contributed by atoms with Gasteiger partial charge in [-0.25, -0.2) is 4.98 Å². The zero-order valence-corrected chi connectivity index (χ0v) is 17.0. The quantitative estimate of drug-likeness (QED) is 0.676. The lowest BCUT2D eigenvalue weighted by atomic mass is 10.0. The molecule has 0 spiro atoms. The number of hydrogen-bond donors (Lipinski definition) is 1. The summed E-state index contributed by atoms with van der Waals surface area (Å²) in [5.74, 6) is 0.733. The Hall–Kier alpha value is -2.44. The van der Waals surface area contributed by atoms with Gasteiger partial charge in [0.15, 0.2) is 5.13 Å². The van der Waals surface area contributed by atoms with Crippen molar-refractivity contribution in [1.29, 1.82) is 0 Å². The third-order valence-corrected chi connectivity index (χ3v) is 5.93. The minimum Gasteiger partial charge on any atom is -0.324 e. The molecule has 28 heavy (non-hydrogen) atoms. The lowest BCUT2D eigenvalue weighted by Crippen LogP contribution is -2.33. The Morgan fingerprint density at radius 2 is 2.04 bits per heavy atom. The van der Waals surface area contributed by atoms with E-state index in [-0.39, 0.29) is 5.91 Å². The molecule has 3 heterocycles. The highest BCUT2D eigenvalue weighted by Crippen LogP contribution is 2.21. The summed E-state index contributed by atoms with van der Waals surface area (Å²) in [6.07, 6.45) is 6.95. The van der Waals surface area contributed by atoms with Crippen LogP contribution in [0.1, 0.15) is 31.0 Å². The number of piperidine rings is 1. The molecule has 0 bridgehead atoms. The highest BCUT2D eigenvalue weighted by atomic mass is 32.1. The molecule has 1 aromatic carbocycles. The van der Waals surface area contributed by atoms with E-state index >= 15 is 0 Å². The molecular formula is C22H26N4OS. The second kappa shape index (κ2) is 8.71. The molecule has 0 saturated carbocycles. The van der Waals surface area contributed by atoms with E-state index in [1.807, 2.05) is 53.4 Å². The van der Waals surface area contributed by atoms with Crippen molar-refractivity contribution < 1.29 is 4.79 Å². The fraction of sp³-hybridized carbons (Fsp3) is 0.364. The summed E-state index contributed by atoms with van der Waals surface area (Å²) in [6, 6.07) is 12.1. The molecule has 4 rings (SSSR count). The van der Waals surface area contributed by atoms with Crippen molar-refractivity contribution in [3.8, 4) is 5.69 Å². The molecule has 2 aromatic heterocycles. The van der Waals surface area contributed by atoms with Crippen LogP contribution in [0.15, 0.2) is 54.2 Å². The maximum absolute atomic E-state index is 12.4. The van der Waals surface area contributed by atoms with Crippen LogP contribution in [0.4, 0.5) is 5.13 Å². The monoisotopic (exact) mass is 394 g/mol. The van der Waals surface area contributed by atoms with Crippen molar-refractivity contribution in [2.75, 3.05) is 18.4 Å². The van der Waals surface area contributed by atoms with E-state index in [0.29, 0.717) is 11.6 Å². The number of thiazole rings is 1. The number of benzene rings is 1. The van der Waals surface area contributed by atoms with Gasteiger partial charge in [-0.15, -0.1) is 11.3 Å². The number of nitrogens with one attached hydrogen (secondary N) is 1. The average molecular weight is 395 g/mol. The van der Waals surface area contributed by atoms with Crippen molar-refractivity contribution in [1.82, 2.24) is 14.5 Å². The number of rotatable bonds is 6. The van der Waals surface area contributed by atoms with E-state index in [1.54, 1.807) is 0 Å². The van der Waals surface area contributed by atoms with Gasteiger partial charge in [-0.1, -0.05) is 19.1 Å². The van der Waals surface area contributed by atoms with Gasteiger partial charge in [-0.2, -0.15) is 0 Å². The fourth-order valence-corrected chi connectivity index (χ4v) is 4.46. The fourth-order valence-electron chi connectivity index (χ4n) is 3.74. The van der Waals surface area contributed by atoms with Gasteiger partial charge in [-0.05, 0) is 55.1 Å². The summed E-state index contributed by atoms with van der Waals surface area (Å²) in [4.78, 5) is 19.4. The zero-order valence-electron chi connectivity index (χ0n) is 16.2. The van der Waals surface area contributed by atoms with Crippen LogP contribution in [0.25, 0.3) is 5.69 Å². The van der Waals surface area contributed by atoms with E-state index in [1.165, 1.54) is 24.2 Å². The molecule has 1 fully saturated rings. The van der Waals surface area contributed by atoms with Gasteiger partial charge in [0.05, 0.1) is 12.1 Å². The van der Waals surface area contributed by atoms with Gasteiger partial charge in [0.2, 0.25) is 5.91 Å². The van der Waals surface area contributed by atoms with Gasteiger partial charge in [0, 0.05) is 36.6 Å². The smallest absolute Gasteiger partial charge is 0.230 e. The molecule has 5 nitrogen and oxygen atoms in total. The molecule has 1 aliphatic heterocycles. The summed E-state index contributed by atoms with van der Waals surface area (Å²) in [5.41, 5.74) is 3.13. The number of likely N-dealkylation sites (tertiary alicyclic amines) is 1. The maximum Gasteiger partial charge on any atom is 0.230 e. The molecule has 1 aliphatic rings. The van der Waals surface area contributed by atoms with Gasteiger partial charge in [0.25, 0.3) is 0 Å². The minimum absolute atomic E-state index is 0.0267. The third kappa shape index (κ3) is 4.88. The van der Waals surface area contributed by atoms with Crippen LogP contribution in [0.5, 0.6) is 0 Å². The average Bonchev–Trinajstić information content (AvgIpc) is 3.35. The van der Waals surface area contributed by atoms with Crippen molar-refractivity contribution >= 4 is 22.4 Å². The molecule has 1 saturated heterocycles. The van der Waals surface area contributed by atoms with E-state index in [2.05, 4.69) is 27.5 Å². The van der Waals surface area contributed by atoms with Gasteiger partial charge < -0.3 is 9.88 Å². The van der Waals surface area contributed by atoms with E-state index in [0.717, 1.165) is 42.5 Å². The molecule has 1 N–H and O–H groups in total. The Morgan fingerprint density at radius 3 is 2.79 bits per heavy atom. The Morgan fingerprint density at radius 1 is 1.25 bits per heavy atom. The van der Waals surface area contributed by atoms with E-state index in [4.69, 9.17) is 0 Å². The van der Waals surface area contributed by atoms with Crippen molar-refractivity contribution in [2.24, 2.45) is 5.92 Å². The van der Waals surface area contributed by atoms with Crippen LogP contribution in [-0.4, -0.2) is 33.4 Å². The Bertz CT molecular complexity index is 901. The van der Waals surface area contributed by atoms with Crippen LogP contribution >= 0.6 is 11.3 Å². The first-order valence-corrected chi connectivity index (χ1v) is 10.7. The van der Waals surface area contributed by atoms with Crippen LogP contribution in [0.3, 0.4) is 0 Å². The first kappa shape index (κ1) is 18.9. The third-order valence-electron chi connectivity index (χ3n) is 5.13. The standard InChI is InChI=1S/C22H26N4OS/c1-17-5-4-10-25(14-17)15-19-16-28-22(23-19)24-21(27)13-18-6-8-20(9-7-18)26-11-2-3-12-26/h2-3,6-9,11-12,16-17H,4-5,10,13-15H2,1H3,(H,23,24,27). The molecule has 6 heteroatoms. The SMILES string of the molecule is CC1CCCN(Cc2csc(NC(=O)Cc3ccc(-n4cccc4)cc3)n2)C1. The summed E-state index contributed by atoms with van der Waals surface area (Å²) < 4.78 is 2.05. The number of carbonyl (C=O) groups excluding carboxylic acids is 1. The van der Waals surface area contributed by atoms with E-state index in [9.17, 15) is 4.79 Å². The van der Waals surface area contributed by atoms with E-state index < -0.39 is 0 Å². The molecular weight excluding hydrogens is 368 g/mol. The number of anilines is 1. The molecule has 1 amide bonds. The molecule has 1 atom stereocenters. The topological polar surface area (TPSA) is 50.2 Å². The number of carbonyl (C=O) groups is 1. The van der Waals surface area contributed by atoms with Crippen LogP contribution in [0, 0.1) is 5.92 Å². The number of hydrogen-bond acceptors (Lipinski definition) is 4. The first-order chi connectivity index (χ1) is 13.7. The molecule has 1 unspecified atom stereocenters. The molecule has 0 aliphatic carbocycles. The van der Waals surface area contributed by atoms with Crippen LogP contribution < -0.4 is 5.32 Å². The largest absolute Gasteiger partial charge is 0.324 e. The molecule has 146 valence electrons.